The number of ether oxygens (including phenoxy) is 1. The summed E-state index contributed by atoms with van der Waals surface area (Å²) in [6, 6.07) is 0. The molecule has 0 aromatic rings. The summed E-state index contributed by atoms with van der Waals surface area (Å²) in [6.07, 6.45) is 3.31. The van der Waals surface area contributed by atoms with E-state index in [2.05, 4.69) is 5.32 Å². The number of carbonyl (C=O) groups is 2. The first-order valence-corrected chi connectivity index (χ1v) is 6.68. The van der Waals surface area contributed by atoms with Crippen molar-refractivity contribution in [3.8, 4) is 0 Å². The summed E-state index contributed by atoms with van der Waals surface area (Å²) >= 11 is 0. The van der Waals surface area contributed by atoms with Crippen molar-refractivity contribution in [2.75, 3.05) is 13.2 Å². The molecular weight excluding hydrogens is 234 g/mol. The Bertz CT molecular complexity index is 293. The van der Waals surface area contributed by atoms with Gasteiger partial charge in [0, 0.05) is 13.2 Å². The van der Waals surface area contributed by atoms with E-state index in [-0.39, 0.29) is 12.5 Å². The molecule has 0 aromatic carbocycles. The maximum atomic E-state index is 11.9. The second-order valence-electron chi connectivity index (χ2n) is 4.87. The van der Waals surface area contributed by atoms with Gasteiger partial charge in [-0.25, -0.2) is 0 Å². The predicted octanol–water partition coefficient (Wildman–Crippen LogP) is 1.56. The van der Waals surface area contributed by atoms with Crippen molar-refractivity contribution in [2.45, 2.75) is 52.1 Å². The lowest BCUT2D eigenvalue weighted by Gasteiger charge is -2.28. The van der Waals surface area contributed by atoms with E-state index in [0.29, 0.717) is 19.4 Å². The molecule has 1 atom stereocenters. The van der Waals surface area contributed by atoms with E-state index in [4.69, 9.17) is 4.74 Å². The molecule has 0 spiro atoms. The minimum absolute atomic E-state index is 0.175. The Morgan fingerprint density at radius 3 is 2.44 bits per heavy atom. The normalized spacial score (nSPS) is 20.4. The quantitative estimate of drug-likeness (QED) is 0.757. The molecule has 104 valence electrons. The molecule has 1 saturated heterocycles. The fourth-order valence-electron chi connectivity index (χ4n) is 2.20. The Balaban J connectivity index is 2.51. The van der Waals surface area contributed by atoms with E-state index in [1.54, 1.807) is 0 Å². The average molecular weight is 257 g/mol. The second kappa shape index (κ2) is 6.73. The van der Waals surface area contributed by atoms with Crippen LogP contribution in [0, 0.1) is 5.41 Å². The third-order valence-corrected chi connectivity index (χ3v) is 3.88. The summed E-state index contributed by atoms with van der Waals surface area (Å²) in [5.74, 6) is -1.03. The Labute approximate surface area is 108 Å². The first kappa shape index (κ1) is 15.0. The lowest BCUT2D eigenvalue weighted by molar-refractivity contribution is -0.150. The molecule has 1 fully saturated rings. The Hall–Kier alpha value is -1.10. The number of hydrogen-bond donors (Lipinski definition) is 2. The monoisotopic (exact) mass is 257 g/mol. The molecule has 1 rings (SSSR count). The molecule has 0 aromatic heterocycles. The number of carbonyl (C=O) groups excluding carboxylic acids is 1. The highest BCUT2D eigenvalue weighted by Crippen LogP contribution is 2.26. The molecule has 5 heteroatoms. The van der Waals surface area contributed by atoms with Crippen LogP contribution < -0.4 is 5.32 Å². The van der Waals surface area contributed by atoms with Crippen LogP contribution in [0.3, 0.4) is 0 Å². The minimum atomic E-state index is -0.857. The van der Waals surface area contributed by atoms with Crippen LogP contribution in [0.4, 0.5) is 0 Å². The zero-order valence-corrected chi connectivity index (χ0v) is 11.2. The predicted molar refractivity (Wildman–Crippen MR) is 67.3 cm³/mol. The van der Waals surface area contributed by atoms with Crippen molar-refractivity contribution in [1.82, 2.24) is 5.32 Å². The van der Waals surface area contributed by atoms with Crippen LogP contribution in [-0.4, -0.2) is 36.2 Å². The molecule has 1 unspecified atom stereocenters. The molecule has 0 saturated carbocycles. The number of amides is 1. The topological polar surface area (TPSA) is 75.6 Å². The fourth-order valence-corrected chi connectivity index (χ4v) is 2.20. The molecule has 0 bridgehead atoms. The SMILES string of the molecule is CCC(CC)(CNC(=O)C1CCCCO1)C(=O)O. The average Bonchev–Trinajstić information content (AvgIpc) is 2.41. The van der Waals surface area contributed by atoms with Gasteiger partial charge in [0.25, 0.3) is 0 Å². The molecule has 1 heterocycles. The van der Waals surface area contributed by atoms with E-state index in [0.717, 1.165) is 19.3 Å². The van der Waals surface area contributed by atoms with Gasteiger partial charge in [-0.15, -0.1) is 0 Å². The largest absolute Gasteiger partial charge is 0.481 e. The molecule has 5 nitrogen and oxygen atoms in total. The zero-order chi connectivity index (χ0) is 13.6. The molecule has 2 N–H and O–H groups in total. The summed E-state index contributed by atoms with van der Waals surface area (Å²) in [7, 11) is 0. The van der Waals surface area contributed by atoms with Crippen molar-refractivity contribution in [3.63, 3.8) is 0 Å². The van der Waals surface area contributed by atoms with Crippen LogP contribution in [-0.2, 0) is 14.3 Å². The molecule has 1 aliphatic rings. The van der Waals surface area contributed by atoms with Gasteiger partial charge in [-0.2, -0.15) is 0 Å². The third-order valence-electron chi connectivity index (χ3n) is 3.88. The first-order valence-electron chi connectivity index (χ1n) is 6.68. The molecule has 1 aliphatic heterocycles. The van der Waals surface area contributed by atoms with E-state index < -0.39 is 17.5 Å². The second-order valence-corrected chi connectivity index (χ2v) is 4.87. The highest BCUT2D eigenvalue weighted by atomic mass is 16.5. The lowest BCUT2D eigenvalue weighted by atomic mass is 9.82. The van der Waals surface area contributed by atoms with Crippen molar-refractivity contribution >= 4 is 11.9 Å². The van der Waals surface area contributed by atoms with Gasteiger partial charge < -0.3 is 15.2 Å². The van der Waals surface area contributed by atoms with Crippen molar-refractivity contribution < 1.29 is 19.4 Å². The molecule has 18 heavy (non-hydrogen) atoms. The molecule has 1 amide bonds. The van der Waals surface area contributed by atoms with Gasteiger partial charge in [-0.05, 0) is 32.1 Å². The first-order chi connectivity index (χ1) is 8.55. The van der Waals surface area contributed by atoms with E-state index in [1.165, 1.54) is 0 Å². The molecule has 0 radical (unpaired) electrons. The van der Waals surface area contributed by atoms with E-state index >= 15 is 0 Å². The zero-order valence-electron chi connectivity index (χ0n) is 11.2. The van der Waals surface area contributed by atoms with Gasteiger partial charge in [0.05, 0.1) is 5.41 Å². The standard InChI is InChI=1S/C13H23NO4/c1-3-13(4-2,12(16)17)9-14-11(15)10-7-5-6-8-18-10/h10H,3-9H2,1-2H3,(H,14,15)(H,16,17). The maximum absolute atomic E-state index is 11.9. The van der Waals surface area contributed by atoms with Gasteiger partial charge in [0.2, 0.25) is 5.91 Å². The third kappa shape index (κ3) is 3.45. The summed E-state index contributed by atoms with van der Waals surface area (Å²) < 4.78 is 5.37. The maximum Gasteiger partial charge on any atom is 0.311 e. The number of carboxylic acid groups (broad SMARTS) is 1. The van der Waals surface area contributed by atoms with Crippen molar-refractivity contribution in [1.29, 1.82) is 0 Å². The van der Waals surface area contributed by atoms with E-state index in [9.17, 15) is 14.7 Å². The Kier molecular flexibility index (Phi) is 5.59. The summed E-state index contributed by atoms with van der Waals surface area (Å²) in [6.45, 7) is 4.46. The number of rotatable bonds is 6. The highest BCUT2D eigenvalue weighted by Gasteiger charge is 2.36. The van der Waals surface area contributed by atoms with Crippen molar-refractivity contribution in [3.05, 3.63) is 0 Å². The fraction of sp³-hybridized carbons (Fsp3) is 0.846. The van der Waals surface area contributed by atoms with Crippen LogP contribution in [0.15, 0.2) is 0 Å². The van der Waals surface area contributed by atoms with Crippen LogP contribution >= 0.6 is 0 Å². The number of carboxylic acids is 1. The summed E-state index contributed by atoms with van der Waals surface area (Å²) in [5, 5.41) is 12.0. The number of aliphatic carboxylic acids is 1. The Morgan fingerprint density at radius 1 is 1.33 bits per heavy atom. The Morgan fingerprint density at radius 2 is 2.00 bits per heavy atom. The van der Waals surface area contributed by atoms with Gasteiger partial charge >= 0.3 is 5.97 Å². The number of nitrogens with one attached hydrogen (secondary N) is 1. The van der Waals surface area contributed by atoms with E-state index in [1.807, 2.05) is 13.8 Å². The highest BCUT2D eigenvalue weighted by molar-refractivity contribution is 5.82. The van der Waals surface area contributed by atoms with Crippen LogP contribution in [0.1, 0.15) is 46.0 Å². The minimum Gasteiger partial charge on any atom is -0.481 e. The summed E-state index contributed by atoms with van der Waals surface area (Å²) in [4.78, 5) is 23.2. The summed E-state index contributed by atoms with van der Waals surface area (Å²) in [5.41, 5.74) is -0.857. The number of hydrogen-bond acceptors (Lipinski definition) is 3. The van der Waals surface area contributed by atoms with Gasteiger partial charge in [-0.3, -0.25) is 9.59 Å². The molecular formula is C13H23NO4. The van der Waals surface area contributed by atoms with Gasteiger partial charge in [-0.1, -0.05) is 13.8 Å². The lowest BCUT2D eigenvalue weighted by Crippen LogP contribution is -2.46. The van der Waals surface area contributed by atoms with Crippen LogP contribution in [0.2, 0.25) is 0 Å². The van der Waals surface area contributed by atoms with Crippen LogP contribution in [0.5, 0.6) is 0 Å². The van der Waals surface area contributed by atoms with Gasteiger partial charge in [0.15, 0.2) is 0 Å². The smallest absolute Gasteiger partial charge is 0.311 e. The van der Waals surface area contributed by atoms with Crippen LogP contribution in [0.25, 0.3) is 0 Å². The van der Waals surface area contributed by atoms with Crippen molar-refractivity contribution in [2.24, 2.45) is 5.41 Å². The van der Waals surface area contributed by atoms with Gasteiger partial charge in [0.1, 0.15) is 6.10 Å². The molecule has 0 aliphatic carbocycles.